The first-order valence-electron chi connectivity index (χ1n) is 10.9. The minimum Gasteiger partial charge on any atom is -0.337 e. The Balaban J connectivity index is 1.33. The molecule has 2 aliphatic heterocycles. The van der Waals surface area contributed by atoms with Crippen LogP contribution in [0.2, 0.25) is 0 Å². The van der Waals surface area contributed by atoms with E-state index in [0.717, 1.165) is 56.8 Å². The molecule has 6 nitrogen and oxygen atoms in total. The van der Waals surface area contributed by atoms with E-state index in [9.17, 15) is 4.79 Å². The molecule has 0 radical (unpaired) electrons. The van der Waals surface area contributed by atoms with Gasteiger partial charge in [0.15, 0.2) is 5.69 Å². The van der Waals surface area contributed by atoms with E-state index in [1.54, 1.807) is 0 Å². The van der Waals surface area contributed by atoms with Crippen molar-refractivity contribution in [2.75, 3.05) is 26.7 Å². The number of imidazole rings is 1. The number of carbonyl (C=O) groups excluding carboxylic acids is 1. The van der Waals surface area contributed by atoms with E-state index < -0.39 is 0 Å². The first kappa shape index (κ1) is 19.3. The van der Waals surface area contributed by atoms with Crippen LogP contribution >= 0.6 is 0 Å². The van der Waals surface area contributed by atoms with Gasteiger partial charge in [-0.15, -0.1) is 0 Å². The van der Waals surface area contributed by atoms with Crippen LogP contribution in [-0.2, 0) is 19.5 Å². The maximum absolute atomic E-state index is 13.1. The summed E-state index contributed by atoms with van der Waals surface area (Å²) in [6, 6.07) is 15.1. The molecule has 5 rings (SSSR count). The van der Waals surface area contributed by atoms with E-state index in [0.29, 0.717) is 18.3 Å². The van der Waals surface area contributed by atoms with Gasteiger partial charge in [-0.3, -0.25) is 9.69 Å². The second-order valence-corrected chi connectivity index (χ2v) is 8.51. The van der Waals surface area contributed by atoms with Crippen molar-refractivity contribution in [3.8, 4) is 0 Å². The Kier molecular flexibility index (Phi) is 5.27. The van der Waals surface area contributed by atoms with Gasteiger partial charge in [-0.05, 0) is 49.6 Å². The molecule has 1 atom stereocenters. The van der Waals surface area contributed by atoms with Gasteiger partial charge in [0.2, 0.25) is 0 Å². The summed E-state index contributed by atoms with van der Waals surface area (Å²) in [4.78, 5) is 22.2. The summed E-state index contributed by atoms with van der Waals surface area (Å²) < 4.78 is 2.05. The van der Waals surface area contributed by atoms with E-state index in [2.05, 4.69) is 50.9 Å². The Morgan fingerprint density at radius 3 is 2.70 bits per heavy atom. The number of nitrogens with one attached hydrogen (secondary N) is 1. The van der Waals surface area contributed by atoms with Gasteiger partial charge in [0.05, 0.1) is 5.69 Å². The summed E-state index contributed by atoms with van der Waals surface area (Å²) in [5.41, 5.74) is 5.26. The highest BCUT2D eigenvalue weighted by Crippen LogP contribution is 2.22. The molecule has 0 spiro atoms. The fourth-order valence-electron chi connectivity index (χ4n) is 4.76. The van der Waals surface area contributed by atoms with Crippen LogP contribution in [0.5, 0.6) is 0 Å². The molecular formula is C24H29N5O. The Morgan fingerprint density at radius 2 is 1.87 bits per heavy atom. The number of hydrogen-bond donors (Lipinski definition) is 1. The van der Waals surface area contributed by atoms with Crippen LogP contribution in [0.25, 0.3) is 5.65 Å². The number of benzene rings is 1. The van der Waals surface area contributed by atoms with Gasteiger partial charge in [0.25, 0.3) is 5.91 Å². The van der Waals surface area contributed by atoms with Crippen LogP contribution in [-0.4, -0.2) is 57.8 Å². The molecule has 0 saturated carbocycles. The summed E-state index contributed by atoms with van der Waals surface area (Å²) in [5, 5.41) is 3.62. The zero-order chi connectivity index (χ0) is 20.5. The lowest BCUT2D eigenvalue weighted by Gasteiger charge is -2.34. The van der Waals surface area contributed by atoms with E-state index >= 15 is 0 Å². The van der Waals surface area contributed by atoms with Crippen molar-refractivity contribution in [1.29, 1.82) is 0 Å². The van der Waals surface area contributed by atoms with E-state index in [-0.39, 0.29) is 5.91 Å². The summed E-state index contributed by atoms with van der Waals surface area (Å²) in [7, 11) is 2.19. The van der Waals surface area contributed by atoms with Crippen molar-refractivity contribution in [3.05, 3.63) is 71.2 Å². The van der Waals surface area contributed by atoms with E-state index in [1.165, 1.54) is 11.1 Å². The highest BCUT2D eigenvalue weighted by atomic mass is 16.2. The monoisotopic (exact) mass is 403 g/mol. The number of nitrogens with zero attached hydrogens (tertiary/aromatic N) is 4. The van der Waals surface area contributed by atoms with Gasteiger partial charge in [0.1, 0.15) is 5.65 Å². The zero-order valence-corrected chi connectivity index (χ0v) is 17.6. The minimum absolute atomic E-state index is 0.0664. The molecule has 1 saturated heterocycles. The highest BCUT2D eigenvalue weighted by molar-refractivity contribution is 5.94. The number of fused-ring (bicyclic) bond motifs is 2. The summed E-state index contributed by atoms with van der Waals surface area (Å²) in [5.74, 6) is 0.0664. The second kappa shape index (κ2) is 8.20. The average Bonchev–Trinajstić information content (AvgIpc) is 3.42. The van der Waals surface area contributed by atoms with Crippen molar-refractivity contribution >= 4 is 11.6 Å². The first-order chi connectivity index (χ1) is 14.7. The maximum atomic E-state index is 13.1. The summed E-state index contributed by atoms with van der Waals surface area (Å²) in [6.07, 6.45) is 5.22. The maximum Gasteiger partial charge on any atom is 0.274 e. The van der Waals surface area contributed by atoms with Crippen molar-refractivity contribution in [2.45, 2.75) is 38.4 Å². The fraction of sp³-hybridized carbons (Fsp3) is 0.417. The zero-order valence-electron chi connectivity index (χ0n) is 17.6. The number of hydrogen-bond acceptors (Lipinski definition) is 4. The largest absolute Gasteiger partial charge is 0.337 e. The normalized spacial score (nSPS) is 19.4. The lowest BCUT2D eigenvalue weighted by atomic mass is 9.94. The molecule has 0 unspecified atom stereocenters. The topological polar surface area (TPSA) is 52.9 Å². The molecule has 0 aliphatic carbocycles. The molecule has 6 heteroatoms. The van der Waals surface area contributed by atoms with Gasteiger partial charge < -0.3 is 14.6 Å². The molecule has 1 N–H and O–H groups in total. The van der Waals surface area contributed by atoms with Crippen LogP contribution in [0.15, 0.2) is 48.7 Å². The Morgan fingerprint density at radius 1 is 1.10 bits per heavy atom. The highest BCUT2D eigenvalue weighted by Gasteiger charge is 2.27. The molecule has 3 aromatic rings. The van der Waals surface area contributed by atoms with Crippen LogP contribution < -0.4 is 5.32 Å². The van der Waals surface area contributed by atoms with Crippen LogP contribution in [0.3, 0.4) is 0 Å². The molecule has 30 heavy (non-hydrogen) atoms. The quantitative estimate of drug-likeness (QED) is 0.712. The molecular weight excluding hydrogens is 374 g/mol. The van der Waals surface area contributed by atoms with Crippen molar-refractivity contribution < 1.29 is 4.79 Å². The summed E-state index contributed by atoms with van der Waals surface area (Å²) in [6.45, 7) is 4.17. The number of likely N-dealkylation sites (tertiary alicyclic amines) is 1. The third kappa shape index (κ3) is 3.61. The van der Waals surface area contributed by atoms with Gasteiger partial charge in [0, 0.05) is 45.0 Å². The third-order valence-corrected chi connectivity index (χ3v) is 6.51. The van der Waals surface area contributed by atoms with Crippen molar-refractivity contribution in [2.24, 2.45) is 0 Å². The second-order valence-electron chi connectivity index (χ2n) is 8.51. The first-order valence-corrected chi connectivity index (χ1v) is 10.9. The number of rotatable bonds is 5. The Bertz CT molecular complexity index is 1050. The standard InChI is InChI=1S/C24H29N5O/c1-27-17-19-9-3-2-8-18(19)14-20(27)15-25-16-21-23(24(30)28-11-6-7-12-28)26-22-10-4-5-13-29(21)22/h2-5,8-10,13,20,25H,6-7,11-12,14-17H2,1H3/t20-/m0/s1. The van der Waals surface area contributed by atoms with Gasteiger partial charge >= 0.3 is 0 Å². The minimum atomic E-state index is 0.0664. The molecule has 1 aromatic carbocycles. The van der Waals surface area contributed by atoms with Crippen LogP contribution in [0.4, 0.5) is 0 Å². The van der Waals surface area contributed by atoms with E-state index in [4.69, 9.17) is 0 Å². The predicted octanol–water partition coefficient (Wildman–Crippen LogP) is 2.72. The molecule has 1 amide bonds. The molecule has 2 aliphatic rings. The van der Waals surface area contributed by atoms with Crippen LogP contribution in [0.1, 0.15) is 40.2 Å². The molecule has 4 heterocycles. The number of likely N-dealkylation sites (N-methyl/N-ethyl adjacent to an activating group) is 1. The molecule has 156 valence electrons. The lowest BCUT2D eigenvalue weighted by Crippen LogP contribution is -2.44. The summed E-state index contributed by atoms with van der Waals surface area (Å²) >= 11 is 0. The predicted molar refractivity (Wildman–Crippen MR) is 117 cm³/mol. The number of amides is 1. The Labute approximate surface area is 177 Å². The number of aromatic nitrogens is 2. The fourth-order valence-corrected chi connectivity index (χ4v) is 4.76. The van der Waals surface area contributed by atoms with Gasteiger partial charge in [-0.25, -0.2) is 4.98 Å². The number of carbonyl (C=O) groups is 1. The van der Waals surface area contributed by atoms with E-state index in [1.807, 2.05) is 29.3 Å². The number of pyridine rings is 1. The third-order valence-electron chi connectivity index (χ3n) is 6.51. The molecule has 2 aromatic heterocycles. The van der Waals surface area contributed by atoms with Crippen molar-refractivity contribution in [1.82, 2.24) is 24.5 Å². The van der Waals surface area contributed by atoms with Gasteiger partial charge in [-0.1, -0.05) is 30.3 Å². The lowest BCUT2D eigenvalue weighted by molar-refractivity contribution is 0.0786. The molecule has 0 bridgehead atoms. The van der Waals surface area contributed by atoms with Crippen molar-refractivity contribution in [3.63, 3.8) is 0 Å². The van der Waals surface area contributed by atoms with Gasteiger partial charge in [-0.2, -0.15) is 0 Å². The molecule has 1 fully saturated rings. The van der Waals surface area contributed by atoms with Crippen LogP contribution in [0, 0.1) is 0 Å². The smallest absolute Gasteiger partial charge is 0.274 e. The Hall–Kier alpha value is -2.70. The SMILES string of the molecule is CN1Cc2ccccc2C[C@H]1CNCc1c(C(=O)N2CCCC2)nc2ccccn12. The average molecular weight is 404 g/mol.